The van der Waals surface area contributed by atoms with Gasteiger partial charge in [0.2, 0.25) is 0 Å². The van der Waals surface area contributed by atoms with E-state index in [1.807, 2.05) is 0 Å². The summed E-state index contributed by atoms with van der Waals surface area (Å²) < 4.78 is 5.72. The molecule has 1 aromatic heterocycles. The van der Waals surface area contributed by atoms with Crippen LogP contribution in [0.25, 0.3) is 0 Å². The van der Waals surface area contributed by atoms with Gasteiger partial charge >= 0.3 is 0 Å². The largest absolute Gasteiger partial charge is 0.378 e. The third-order valence-electron chi connectivity index (χ3n) is 3.50. The highest BCUT2D eigenvalue weighted by molar-refractivity contribution is 6.37. The fourth-order valence-electron chi connectivity index (χ4n) is 2.34. The van der Waals surface area contributed by atoms with Gasteiger partial charge in [0.25, 0.3) is 0 Å². The Morgan fingerprint density at radius 2 is 1.90 bits per heavy atom. The van der Waals surface area contributed by atoms with Crippen molar-refractivity contribution in [2.75, 3.05) is 30.3 Å². The highest BCUT2D eigenvalue weighted by atomic mass is 35.5. The van der Waals surface area contributed by atoms with Crippen LogP contribution >= 0.6 is 23.2 Å². The summed E-state index contributed by atoms with van der Waals surface area (Å²) in [6.07, 6.45) is 5.93. The summed E-state index contributed by atoms with van der Waals surface area (Å²) in [6.45, 7) is 4.62. The number of ether oxygens (including phenoxy) is 1. The lowest BCUT2D eigenvalue weighted by molar-refractivity contribution is 0.0134. The van der Waals surface area contributed by atoms with Crippen molar-refractivity contribution in [2.24, 2.45) is 0 Å². The van der Waals surface area contributed by atoms with Crippen molar-refractivity contribution >= 4 is 34.8 Å². The van der Waals surface area contributed by atoms with Crippen LogP contribution in [-0.2, 0) is 4.74 Å². The lowest BCUT2D eigenvalue weighted by Crippen LogP contribution is -2.22. The Labute approximate surface area is 136 Å². The number of nitrogens with zero attached hydrogens (tertiary/aromatic N) is 1. The average Bonchev–Trinajstić information content (AvgIpc) is 2.49. The van der Waals surface area contributed by atoms with Gasteiger partial charge in [-0.2, -0.15) is 0 Å². The molecule has 6 heteroatoms. The minimum atomic E-state index is 0.356. The van der Waals surface area contributed by atoms with E-state index in [-0.39, 0.29) is 0 Å². The molecule has 0 aromatic carbocycles. The van der Waals surface area contributed by atoms with E-state index in [1.54, 1.807) is 6.07 Å². The Balaban J connectivity index is 1.88. The summed E-state index contributed by atoms with van der Waals surface area (Å²) in [6, 6.07) is 1.73. The zero-order valence-electron chi connectivity index (χ0n) is 12.4. The van der Waals surface area contributed by atoms with Crippen LogP contribution in [0.15, 0.2) is 6.07 Å². The van der Waals surface area contributed by atoms with Crippen molar-refractivity contribution in [3.05, 3.63) is 16.1 Å². The van der Waals surface area contributed by atoms with E-state index < -0.39 is 0 Å². The van der Waals surface area contributed by atoms with Crippen LogP contribution in [0.5, 0.6) is 0 Å². The molecule has 1 aliphatic rings. The topological polar surface area (TPSA) is 46.2 Å². The molecular weight excluding hydrogens is 309 g/mol. The smallest absolute Gasteiger partial charge is 0.147 e. The summed E-state index contributed by atoms with van der Waals surface area (Å²) in [7, 11) is 0. The number of pyridine rings is 1. The monoisotopic (exact) mass is 331 g/mol. The van der Waals surface area contributed by atoms with Gasteiger partial charge in [-0.05, 0) is 38.2 Å². The zero-order chi connectivity index (χ0) is 15.1. The molecule has 0 saturated carbocycles. The molecular formula is C15H23Cl2N3O. The predicted octanol–water partition coefficient (Wildman–Crippen LogP) is 4.58. The second-order valence-electron chi connectivity index (χ2n) is 5.28. The maximum absolute atomic E-state index is 6.19. The Bertz CT molecular complexity index is 451. The lowest BCUT2D eigenvalue weighted by Gasteiger charge is -2.22. The second-order valence-corrected chi connectivity index (χ2v) is 6.09. The van der Waals surface area contributed by atoms with Crippen molar-refractivity contribution in [3.8, 4) is 0 Å². The Morgan fingerprint density at radius 3 is 2.52 bits per heavy atom. The zero-order valence-corrected chi connectivity index (χ0v) is 13.9. The highest BCUT2D eigenvalue weighted by Crippen LogP contribution is 2.29. The van der Waals surface area contributed by atoms with E-state index in [2.05, 4.69) is 22.5 Å². The summed E-state index contributed by atoms with van der Waals surface area (Å²) >= 11 is 12.3. The normalized spacial score (nSPS) is 18.5. The maximum Gasteiger partial charge on any atom is 0.147 e. The van der Waals surface area contributed by atoms with E-state index in [9.17, 15) is 0 Å². The number of hydrogen-bond donors (Lipinski definition) is 2. The van der Waals surface area contributed by atoms with Gasteiger partial charge in [0.15, 0.2) is 0 Å². The number of hydrogen-bond acceptors (Lipinski definition) is 4. The minimum absolute atomic E-state index is 0.356. The van der Waals surface area contributed by atoms with Gasteiger partial charge in [0, 0.05) is 19.7 Å². The first kappa shape index (κ1) is 16.7. The summed E-state index contributed by atoms with van der Waals surface area (Å²) in [4.78, 5) is 4.47. The molecule has 1 saturated heterocycles. The molecule has 1 atom stereocenters. The van der Waals surface area contributed by atoms with Crippen LogP contribution in [0.3, 0.4) is 0 Å². The molecule has 0 bridgehead atoms. The molecule has 4 nitrogen and oxygen atoms in total. The van der Waals surface area contributed by atoms with Crippen LogP contribution < -0.4 is 10.6 Å². The first-order chi connectivity index (χ1) is 10.2. The molecule has 2 heterocycles. The van der Waals surface area contributed by atoms with Gasteiger partial charge in [0.1, 0.15) is 11.6 Å². The summed E-state index contributed by atoms with van der Waals surface area (Å²) in [5.41, 5.74) is 0. The average molecular weight is 332 g/mol. The first-order valence-electron chi connectivity index (χ1n) is 7.66. The van der Waals surface area contributed by atoms with Crippen molar-refractivity contribution in [3.63, 3.8) is 0 Å². The third kappa shape index (κ3) is 5.20. The van der Waals surface area contributed by atoms with E-state index in [0.717, 1.165) is 39.0 Å². The van der Waals surface area contributed by atoms with Crippen molar-refractivity contribution in [1.82, 2.24) is 4.98 Å². The fourth-order valence-corrected chi connectivity index (χ4v) is 2.84. The predicted molar refractivity (Wildman–Crippen MR) is 89.7 cm³/mol. The molecule has 1 fully saturated rings. The van der Waals surface area contributed by atoms with E-state index >= 15 is 0 Å². The Kier molecular flexibility index (Phi) is 6.87. The standard InChI is InChI=1S/C15H23Cl2N3O/c1-2-7-18-14-12(16)10-13(17)15(20-14)19-8-6-11-5-3-4-9-21-11/h10-11H,2-9H2,1H3,(H2,18,19,20). The number of halogens is 2. The molecule has 0 radical (unpaired) electrons. The van der Waals surface area contributed by atoms with Crippen LogP contribution in [-0.4, -0.2) is 30.8 Å². The number of nitrogens with one attached hydrogen (secondary N) is 2. The highest BCUT2D eigenvalue weighted by Gasteiger charge is 2.14. The van der Waals surface area contributed by atoms with Crippen LogP contribution in [0.4, 0.5) is 11.6 Å². The molecule has 2 N–H and O–H groups in total. The van der Waals surface area contributed by atoms with Gasteiger partial charge in [-0.15, -0.1) is 0 Å². The van der Waals surface area contributed by atoms with Gasteiger partial charge < -0.3 is 15.4 Å². The molecule has 1 aromatic rings. The first-order valence-corrected chi connectivity index (χ1v) is 8.41. The lowest BCUT2D eigenvalue weighted by atomic mass is 10.1. The van der Waals surface area contributed by atoms with E-state index in [4.69, 9.17) is 27.9 Å². The van der Waals surface area contributed by atoms with Crippen LogP contribution in [0.1, 0.15) is 39.0 Å². The van der Waals surface area contributed by atoms with Gasteiger partial charge in [0.05, 0.1) is 16.1 Å². The molecule has 0 amide bonds. The van der Waals surface area contributed by atoms with Crippen molar-refractivity contribution in [1.29, 1.82) is 0 Å². The molecule has 1 aliphatic heterocycles. The Morgan fingerprint density at radius 1 is 1.19 bits per heavy atom. The van der Waals surface area contributed by atoms with E-state index in [1.165, 1.54) is 12.8 Å². The van der Waals surface area contributed by atoms with E-state index in [0.29, 0.717) is 27.8 Å². The second kappa shape index (κ2) is 8.66. The molecule has 0 aliphatic carbocycles. The molecule has 1 unspecified atom stereocenters. The van der Waals surface area contributed by atoms with Gasteiger partial charge in [-0.25, -0.2) is 4.98 Å². The third-order valence-corrected chi connectivity index (χ3v) is 4.08. The minimum Gasteiger partial charge on any atom is -0.378 e. The summed E-state index contributed by atoms with van der Waals surface area (Å²) in [5.74, 6) is 1.36. The summed E-state index contributed by atoms with van der Waals surface area (Å²) in [5, 5.41) is 7.58. The van der Waals surface area contributed by atoms with Crippen LogP contribution in [0.2, 0.25) is 10.0 Å². The molecule has 21 heavy (non-hydrogen) atoms. The number of anilines is 2. The Hall–Kier alpha value is -0.710. The molecule has 118 valence electrons. The van der Waals surface area contributed by atoms with Crippen molar-refractivity contribution in [2.45, 2.75) is 45.1 Å². The fraction of sp³-hybridized carbons (Fsp3) is 0.667. The number of aromatic nitrogens is 1. The molecule has 2 rings (SSSR count). The maximum atomic E-state index is 6.19. The quantitative estimate of drug-likeness (QED) is 0.767. The van der Waals surface area contributed by atoms with Crippen LogP contribution in [0, 0.1) is 0 Å². The van der Waals surface area contributed by atoms with Gasteiger partial charge in [-0.1, -0.05) is 30.1 Å². The molecule has 0 spiro atoms. The van der Waals surface area contributed by atoms with Gasteiger partial charge in [-0.3, -0.25) is 0 Å². The number of rotatable bonds is 7. The SMILES string of the molecule is CCCNc1nc(NCCC2CCCCO2)c(Cl)cc1Cl. The van der Waals surface area contributed by atoms with Crippen molar-refractivity contribution < 1.29 is 4.74 Å².